The molecule has 1 aromatic rings. The van der Waals surface area contributed by atoms with E-state index < -0.39 is 6.04 Å². The molecule has 1 rings (SSSR count). The predicted molar refractivity (Wildman–Crippen MR) is 113 cm³/mol. The highest BCUT2D eigenvalue weighted by molar-refractivity contribution is 5.93. The molecule has 0 aliphatic heterocycles. The van der Waals surface area contributed by atoms with Gasteiger partial charge in [-0.15, -0.1) is 0 Å². The van der Waals surface area contributed by atoms with Crippen LogP contribution in [-0.4, -0.2) is 28.4 Å². The van der Waals surface area contributed by atoms with Crippen LogP contribution in [-0.2, 0) is 0 Å². The van der Waals surface area contributed by atoms with Gasteiger partial charge in [0.2, 0.25) is 6.04 Å². The van der Waals surface area contributed by atoms with Crippen molar-refractivity contribution in [3.63, 3.8) is 0 Å². The topological polar surface area (TPSA) is 85.1 Å². The fourth-order valence-electron chi connectivity index (χ4n) is 3.36. The van der Waals surface area contributed by atoms with Gasteiger partial charge in [-0.05, 0) is 25.0 Å². The normalized spacial score (nSPS) is 11.9. The Morgan fingerprint density at radius 2 is 1.64 bits per heavy atom. The van der Waals surface area contributed by atoms with E-state index >= 15 is 0 Å². The zero-order chi connectivity index (χ0) is 20.5. The number of unbranched alkanes of at least 4 members (excludes halogenated alkanes) is 9. The number of hydrogen-bond donors (Lipinski definition) is 1. The number of hydrogen-bond acceptors (Lipinski definition) is 4. The lowest BCUT2D eigenvalue weighted by molar-refractivity contribution is -0.524. The number of amides is 1. The van der Waals surface area contributed by atoms with Gasteiger partial charge in [-0.1, -0.05) is 64.7 Å². The molecule has 0 saturated heterocycles. The number of rotatable bonds is 17. The van der Waals surface area contributed by atoms with Gasteiger partial charge in [-0.2, -0.15) is 0 Å². The Morgan fingerprint density at radius 1 is 1.04 bits per heavy atom. The van der Waals surface area contributed by atoms with Gasteiger partial charge in [-0.25, -0.2) is 0 Å². The number of nitrogens with zero attached hydrogens (tertiary/aromatic N) is 2. The monoisotopic (exact) mass is 391 g/mol. The van der Waals surface area contributed by atoms with Gasteiger partial charge < -0.3 is 5.32 Å². The van der Waals surface area contributed by atoms with Gasteiger partial charge in [0.05, 0.1) is 5.56 Å². The number of aromatic nitrogens is 1. The Kier molecular flexibility index (Phi) is 13.8. The van der Waals surface area contributed by atoms with Gasteiger partial charge in [0, 0.05) is 36.7 Å². The van der Waals surface area contributed by atoms with Gasteiger partial charge in [0.1, 0.15) is 0 Å². The van der Waals surface area contributed by atoms with Crippen molar-refractivity contribution >= 4 is 5.91 Å². The molecule has 0 aliphatic carbocycles. The first-order valence-corrected chi connectivity index (χ1v) is 11.0. The second kappa shape index (κ2) is 16.0. The minimum Gasteiger partial charge on any atom is -0.352 e. The molecule has 0 aliphatic rings. The molecule has 158 valence electrons. The lowest BCUT2D eigenvalue weighted by Crippen LogP contribution is -2.26. The average Bonchev–Trinajstić information content (AvgIpc) is 2.71. The summed E-state index contributed by atoms with van der Waals surface area (Å²) >= 11 is 0. The first kappa shape index (κ1) is 24.1. The minimum atomic E-state index is -0.496. The number of nitrogens with one attached hydrogen (secondary N) is 1. The van der Waals surface area contributed by atoms with E-state index in [1.807, 2.05) is 0 Å². The third-order valence-electron chi connectivity index (χ3n) is 5.11. The summed E-state index contributed by atoms with van der Waals surface area (Å²) in [5.41, 5.74) is 0.513. The second-order valence-electron chi connectivity index (χ2n) is 7.55. The maximum Gasteiger partial charge on any atom is 0.252 e. The number of carbonyl (C=O) groups is 1. The van der Waals surface area contributed by atoms with Gasteiger partial charge in [0.25, 0.3) is 5.91 Å². The number of carbonyl (C=O) groups excluding carboxylic acids is 1. The SMILES string of the molecule is CCCCCCCCCCCCC(CCCNC(=O)c1cccnc1)[N+](=O)[O-]. The molecule has 0 saturated carbocycles. The third kappa shape index (κ3) is 11.7. The summed E-state index contributed by atoms with van der Waals surface area (Å²) in [5.74, 6) is -0.180. The fourth-order valence-corrected chi connectivity index (χ4v) is 3.36. The Labute approximate surface area is 169 Å². The minimum absolute atomic E-state index is 0.156. The fraction of sp³-hybridized carbons (Fsp3) is 0.727. The highest BCUT2D eigenvalue weighted by atomic mass is 16.6. The highest BCUT2D eigenvalue weighted by Gasteiger charge is 2.19. The largest absolute Gasteiger partial charge is 0.352 e. The zero-order valence-corrected chi connectivity index (χ0v) is 17.4. The Bertz CT molecular complexity index is 537. The van der Waals surface area contributed by atoms with E-state index in [9.17, 15) is 14.9 Å². The molecule has 1 unspecified atom stereocenters. The summed E-state index contributed by atoms with van der Waals surface area (Å²) in [6.07, 6.45) is 17.3. The molecule has 1 heterocycles. The zero-order valence-electron chi connectivity index (χ0n) is 17.4. The average molecular weight is 392 g/mol. The summed E-state index contributed by atoms with van der Waals surface area (Å²) in [7, 11) is 0. The van der Waals surface area contributed by atoms with Crippen molar-refractivity contribution in [1.29, 1.82) is 0 Å². The van der Waals surface area contributed by atoms with Gasteiger partial charge >= 0.3 is 0 Å². The first-order valence-electron chi connectivity index (χ1n) is 11.0. The van der Waals surface area contributed by atoms with E-state index in [0.29, 0.717) is 31.4 Å². The molecule has 0 aromatic carbocycles. The molecule has 1 aromatic heterocycles. The summed E-state index contributed by atoms with van der Waals surface area (Å²) in [4.78, 5) is 26.9. The predicted octanol–water partition coefficient (Wildman–Crippen LogP) is 5.55. The van der Waals surface area contributed by atoms with Gasteiger partial charge in [-0.3, -0.25) is 19.9 Å². The summed E-state index contributed by atoms with van der Waals surface area (Å²) in [6, 6.07) is 2.92. The summed E-state index contributed by atoms with van der Waals surface area (Å²) in [6.45, 7) is 2.69. The molecule has 0 radical (unpaired) electrons. The lowest BCUT2D eigenvalue weighted by atomic mass is 10.0. The maximum atomic E-state index is 11.9. The van der Waals surface area contributed by atoms with E-state index in [0.717, 1.165) is 12.8 Å². The van der Waals surface area contributed by atoms with Crippen molar-refractivity contribution < 1.29 is 9.72 Å². The molecule has 28 heavy (non-hydrogen) atoms. The van der Waals surface area contributed by atoms with E-state index in [4.69, 9.17) is 0 Å². The quantitative estimate of drug-likeness (QED) is 0.214. The van der Waals surface area contributed by atoms with Crippen LogP contribution < -0.4 is 5.32 Å². The van der Waals surface area contributed by atoms with Crippen LogP contribution in [0.2, 0.25) is 0 Å². The molecule has 0 bridgehead atoms. The van der Waals surface area contributed by atoms with Crippen LogP contribution in [0.3, 0.4) is 0 Å². The van der Waals surface area contributed by atoms with Crippen molar-refractivity contribution in [2.45, 2.75) is 96.4 Å². The van der Waals surface area contributed by atoms with E-state index in [2.05, 4.69) is 17.2 Å². The van der Waals surface area contributed by atoms with E-state index in [1.165, 1.54) is 57.6 Å². The molecule has 0 spiro atoms. The van der Waals surface area contributed by atoms with Crippen LogP contribution in [0.15, 0.2) is 24.5 Å². The first-order chi connectivity index (χ1) is 13.6. The van der Waals surface area contributed by atoms with Crippen molar-refractivity contribution in [3.8, 4) is 0 Å². The van der Waals surface area contributed by atoms with Crippen LogP contribution in [0.5, 0.6) is 0 Å². The molecular formula is C22H37N3O3. The van der Waals surface area contributed by atoms with E-state index in [-0.39, 0.29) is 10.8 Å². The Hall–Kier alpha value is -1.98. The standard InChI is InChI=1S/C22H37N3O3/c1-2-3-4-5-6-7-8-9-10-11-15-21(25(27)28)16-13-18-24-22(26)20-14-12-17-23-19-20/h12,14,17,19,21H,2-11,13,15-16,18H2,1H3,(H,24,26). The molecule has 1 amide bonds. The van der Waals surface area contributed by atoms with Crippen LogP contribution in [0.1, 0.15) is 101 Å². The van der Waals surface area contributed by atoms with Crippen molar-refractivity contribution in [1.82, 2.24) is 10.3 Å². The Morgan fingerprint density at radius 3 is 2.21 bits per heavy atom. The van der Waals surface area contributed by atoms with E-state index in [1.54, 1.807) is 18.3 Å². The smallest absolute Gasteiger partial charge is 0.252 e. The molecule has 6 heteroatoms. The van der Waals surface area contributed by atoms with Crippen molar-refractivity contribution in [2.24, 2.45) is 0 Å². The van der Waals surface area contributed by atoms with Crippen molar-refractivity contribution in [2.75, 3.05) is 6.54 Å². The summed E-state index contributed by atoms with van der Waals surface area (Å²) < 4.78 is 0. The molecule has 6 nitrogen and oxygen atoms in total. The van der Waals surface area contributed by atoms with Crippen molar-refractivity contribution in [3.05, 3.63) is 40.2 Å². The van der Waals surface area contributed by atoms with Crippen LogP contribution in [0.4, 0.5) is 0 Å². The molecule has 1 atom stereocenters. The highest BCUT2D eigenvalue weighted by Crippen LogP contribution is 2.14. The van der Waals surface area contributed by atoms with Crippen LogP contribution in [0, 0.1) is 10.1 Å². The van der Waals surface area contributed by atoms with Gasteiger partial charge in [0.15, 0.2) is 0 Å². The van der Waals surface area contributed by atoms with Crippen LogP contribution in [0.25, 0.3) is 0 Å². The molecule has 0 fully saturated rings. The summed E-state index contributed by atoms with van der Waals surface area (Å²) in [5, 5.41) is 14.1. The number of pyridine rings is 1. The maximum absolute atomic E-state index is 11.9. The third-order valence-corrected chi connectivity index (χ3v) is 5.11. The number of nitro groups is 1. The Balaban J connectivity index is 2.05. The molecular weight excluding hydrogens is 354 g/mol. The second-order valence-corrected chi connectivity index (χ2v) is 7.55. The molecule has 1 N–H and O–H groups in total. The lowest BCUT2D eigenvalue weighted by Gasteiger charge is -2.10. The van der Waals surface area contributed by atoms with Crippen LogP contribution >= 0.6 is 0 Å².